The molecule has 67 heavy (non-hydrogen) atoms. The number of amides is 2. The number of sulfone groups is 1. The van der Waals surface area contributed by atoms with Crippen LogP contribution in [-0.4, -0.2) is 105 Å². The SMILES string of the molecule is CCN[C@H]1C[C@H](C)S(=O)(=O)c2sc(S(=O)(=O)NC(CC)(CC)C(=O)[C@H](C)OC(CC)(CC)C(=O)CCC(=O)Nc3ccc4c(c3)/C(=C/c3[nH]c(C)c(NCCN(CC)CC)c3C)C(=O)N4)cc21. The first-order chi connectivity index (χ1) is 31.6. The number of hydrogen-bond donors (Lipinski definition) is 6. The van der Waals surface area contributed by atoms with Gasteiger partial charge in [0.2, 0.25) is 5.91 Å². The summed E-state index contributed by atoms with van der Waals surface area (Å²) in [6.07, 6.45) is 0.987. The molecule has 2 aliphatic rings. The Morgan fingerprint density at radius 2 is 1.67 bits per heavy atom. The smallest absolute Gasteiger partial charge is 0.256 e. The topological polar surface area (TPSA) is 225 Å². The number of thiophene rings is 1. The van der Waals surface area contributed by atoms with Gasteiger partial charge in [-0.2, -0.15) is 4.72 Å². The van der Waals surface area contributed by atoms with Gasteiger partial charge in [-0.3, -0.25) is 19.2 Å². The van der Waals surface area contributed by atoms with Crippen LogP contribution < -0.4 is 26.0 Å². The maximum Gasteiger partial charge on any atom is 0.256 e. The first kappa shape index (κ1) is 53.7. The van der Waals surface area contributed by atoms with Crippen LogP contribution in [0.2, 0.25) is 0 Å². The third-order valence-corrected chi connectivity index (χ3v) is 19.5. The number of rotatable bonds is 25. The summed E-state index contributed by atoms with van der Waals surface area (Å²) < 4.78 is 63.5. The van der Waals surface area contributed by atoms with Gasteiger partial charge in [-0.25, -0.2) is 16.8 Å². The normalized spacial score (nSPS) is 18.1. The molecule has 19 heteroatoms. The number of aryl methyl sites for hydroxylation is 1. The van der Waals surface area contributed by atoms with Gasteiger partial charge in [-0.1, -0.05) is 48.5 Å². The van der Waals surface area contributed by atoms with Crippen molar-refractivity contribution in [1.29, 1.82) is 0 Å². The fourth-order valence-electron chi connectivity index (χ4n) is 9.22. The van der Waals surface area contributed by atoms with Gasteiger partial charge in [0.05, 0.1) is 22.0 Å². The van der Waals surface area contributed by atoms with E-state index in [-0.39, 0.29) is 64.7 Å². The molecule has 2 aliphatic heterocycles. The molecule has 3 aromatic rings. The molecule has 5 rings (SSSR count). The predicted octanol–water partition coefficient (Wildman–Crippen LogP) is 7.51. The summed E-state index contributed by atoms with van der Waals surface area (Å²) in [6.45, 7) is 24.3. The molecule has 2 amide bonds. The lowest BCUT2D eigenvalue weighted by atomic mass is 9.85. The number of ketones is 2. The number of likely N-dealkylation sites (N-methyl/N-ethyl adjacent to an activating group) is 1. The highest BCUT2D eigenvalue weighted by Gasteiger charge is 2.47. The largest absolute Gasteiger partial charge is 0.382 e. The zero-order valence-electron chi connectivity index (χ0n) is 41.0. The minimum Gasteiger partial charge on any atom is -0.382 e. The van der Waals surface area contributed by atoms with Crippen LogP contribution in [0.4, 0.5) is 17.1 Å². The Balaban J connectivity index is 1.26. The molecule has 16 nitrogen and oxygen atoms in total. The van der Waals surface area contributed by atoms with Gasteiger partial charge in [-0.15, -0.1) is 11.3 Å². The van der Waals surface area contributed by atoms with Crippen molar-refractivity contribution in [2.75, 3.05) is 48.7 Å². The number of nitrogens with zero attached hydrogens (tertiary/aromatic N) is 1. The molecule has 0 spiro atoms. The van der Waals surface area contributed by atoms with Crippen LogP contribution in [0.5, 0.6) is 0 Å². The zero-order valence-corrected chi connectivity index (χ0v) is 43.4. The summed E-state index contributed by atoms with van der Waals surface area (Å²) in [4.78, 5) is 60.8. The summed E-state index contributed by atoms with van der Waals surface area (Å²) in [5.74, 6) is -1.66. The highest BCUT2D eigenvalue weighted by Crippen LogP contribution is 2.43. The van der Waals surface area contributed by atoms with Gasteiger partial charge in [0.15, 0.2) is 21.4 Å². The van der Waals surface area contributed by atoms with Crippen LogP contribution in [-0.2, 0) is 43.8 Å². The number of anilines is 3. The number of benzene rings is 1. The predicted molar refractivity (Wildman–Crippen MR) is 267 cm³/mol. The average Bonchev–Trinajstić information content (AvgIpc) is 3.98. The zero-order chi connectivity index (χ0) is 49.6. The Morgan fingerprint density at radius 3 is 2.28 bits per heavy atom. The fourth-order valence-corrected chi connectivity index (χ4v) is 14.7. The molecular formula is C48H71N7O9S3. The Morgan fingerprint density at radius 1 is 1.00 bits per heavy atom. The lowest BCUT2D eigenvalue weighted by Crippen LogP contribution is -2.58. The van der Waals surface area contributed by atoms with Crippen LogP contribution in [0.25, 0.3) is 11.6 Å². The van der Waals surface area contributed by atoms with E-state index >= 15 is 0 Å². The molecule has 370 valence electrons. The molecule has 1 aromatic carbocycles. The summed E-state index contributed by atoms with van der Waals surface area (Å²) in [6, 6.07) is 6.17. The quantitative estimate of drug-likeness (QED) is 0.0454. The number of Topliss-reactive ketones (excluding diaryl/α,β-unsaturated/α-hetero) is 2. The van der Waals surface area contributed by atoms with E-state index in [1.54, 1.807) is 52.8 Å². The second-order valence-electron chi connectivity index (χ2n) is 17.6. The van der Waals surface area contributed by atoms with Crippen LogP contribution in [0.1, 0.15) is 141 Å². The van der Waals surface area contributed by atoms with E-state index in [0.717, 1.165) is 48.8 Å². The Bertz CT molecular complexity index is 2570. The number of sulfonamides is 1. The van der Waals surface area contributed by atoms with Crippen molar-refractivity contribution < 1.29 is 40.8 Å². The molecule has 6 N–H and O–H groups in total. The monoisotopic (exact) mass is 985 g/mol. The molecule has 0 bridgehead atoms. The first-order valence-corrected chi connectivity index (χ1v) is 27.5. The van der Waals surface area contributed by atoms with Crippen molar-refractivity contribution in [2.45, 2.75) is 158 Å². The maximum absolute atomic E-state index is 14.4. The Hall–Kier alpha value is -4.24. The molecule has 0 saturated carbocycles. The molecule has 4 heterocycles. The Labute approximate surface area is 401 Å². The van der Waals surface area contributed by atoms with Crippen molar-refractivity contribution in [3.63, 3.8) is 0 Å². The second-order valence-corrected chi connectivity index (χ2v) is 23.1. The van der Waals surface area contributed by atoms with E-state index in [2.05, 4.69) is 49.7 Å². The van der Waals surface area contributed by atoms with Crippen LogP contribution in [0.3, 0.4) is 0 Å². The van der Waals surface area contributed by atoms with E-state index in [4.69, 9.17) is 4.74 Å². The molecule has 0 fully saturated rings. The Kier molecular flexibility index (Phi) is 17.7. The summed E-state index contributed by atoms with van der Waals surface area (Å²) in [7, 11) is -8.16. The van der Waals surface area contributed by atoms with Gasteiger partial charge in [-0.05, 0) is 115 Å². The first-order valence-electron chi connectivity index (χ1n) is 23.6. The van der Waals surface area contributed by atoms with E-state index < -0.39 is 54.0 Å². The van der Waals surface area contributed by atoms with E-state index in [9.17, 15) is 36.0 Å². The van der Waals surface area contributed by atoms with Gasteiger partial charge < -0.3 is 35.9 Å². The number of ether oxygens (including phenoxy) is 1. The van der Waals surface area contributed by atoms with Gasteiger partial charge in [0.25, 0.3) is 15.9 Å². The number of carbonyl (C=O) groups excluding carboxylic acids is 4. The summed E-state index contributed by atoms with van der Waals surface area (Å²) in [5, 5.41) is 11.9. The molecule has 0 unspecified atom stereocenters. The number of aromatic amines is 1. The van der Waals surface area contributed by atoms with Crippen molar-refractivity contribution in [1.82, 2.24) is 19.9 Å². The average molecular weight is 986 g/mol. The van der Waals surface area contributed by atoms with Crippen LogP contribution in [0.15, 0.2) is 32.7 Å². The third kappa shape index (κ3) is 11.3. The summed E-state index contributed by atoms with van der Waals surface area (Å²) >= 11 is 0.683. The van der Waals surface area contributed by atoms with Crippen LogP contribution >= 0.6 is 11.3 Å². The van der Waals surface area contributed by atoms with E-state index in [0.29, 0.717) is 52.4 Å². The van der Waals surface area contributed by atoms with Crippen LogP contribution in [0, 0.1) is 13.8 Å². The highest BCUT2D eigenvalue weighted by molar-refractivity contribution is 7.95. The molecule has 0 aliphatic carbocycles. The minimum absolute atomic E-state index is 0.00618. The molecule has 0 radical (unpaired) electrons. The van der Waals surface area contributed by atoms with Crippen molar-refractivity contribution >= 4 is 83.3 Å². The van der Waals surface area contributed by atoms with Gasteiger partial charge in [0, 0.05) is 65.9 Å². The number of carbonyl (C=O) groups is 4. The molecule has 2 aromatic heterocycles. The number of H-pyrrole nitrogens is 1. The van der Waals surface area contributed by atoms with Gasteiger partial charge >= 0.3 is 0 Å². The van der Waals surface area contributed by atoms with E-state index in [1.807, 2.05) is 26.8 Å². The highest BCUT2D eigenvalue weighted by atomic mass is 32.3. The summed E-state index contributed by atoms with van der Waals surface area (Å²) in [5.41, 5.74) is 3.16. The number of hydrogen-bond acceptors (Lipinski definition) is 13. The lowest BCUT2D eigenvalue weighted by molar-refractivity contribution is -0.163. The molecule has 0 saturated heterocycles. The van der Waals surface area contributed by atoms with E-state index in [1.165, 1.54) is 13.0 Å². The number of fused-ring (bicyclic) bond motifs is 2. The second kappa shape index (κ2) is 22.0. The van der Waals surface area contributed by atoms with Gasteiger partial charge in [0.1, 0.15) is 20.1 Å². The van der Waals surface area contributed by atoms with Crippen molar-refractivity contribution in [3.8, 4) is 0 Å². The number of aromatic nitrogens is 1. The molecule has 3 atom stereocenters. The molecular weight excluding hydrogens is 915 g/mol. The standard InChI is InChI=1S/C48H71N7O9S3/c1-12-47(13-2,54-67(62,63)42-28-36-39(49-16-5)25-29(8)66(60,61)46(36)65-42)44(58)32(11)64-48(14-3,15-4)40(56)21-22-41(57)52-33-19-20-37-34(26-33)35(45(59)53-37)27-38-30(9)43(31(10)51-38)50-23-24-55(17-6)18-7/h19-20,26-29,32,39,49-51,54H,12-18,21-25H2,1-11H3,(H,52,57)(H,53,59)/b35-27-/t29-,32-,39-/m0/s1. The fraction of sp³-hybridized carbons (Fsp3) is 0.583. The van der Waals surface area contributed by atoms with Crippen molar-refractivity contribution in [2.24, 2.45) is 0 Å². The number of nitrogens with one attached hydrogen (secondary N) is 6. The maximum atomic E-state index is 14.4. The minimum atomic E-state index is -4.41. The van der Waals surface area contributed by atoms with Crippen molar-refractivity contribution in [3.05, 3.63) is 52.3 Å². The third-order valence-electron chi connectivity index (χ3n) is 13.6. The lowest BCUT2D eigenvalue weighted by Gasteiger charge is -2.37.